The maximum Gasteiger partial charge on any atom is 0.469 e. The van der Waals surface area contributed by atoms with Crippen molar-refractivity contribution < 1.29 is 31.5 Å². The summed E-state index contributed by atoms with van der Waals surface area (Å²) >= 11 is 0. The van der Waals surface area contributed by atoms with Gasteiger partial charge in [-0.15, -0.1) is 0 Å². The molecule has 11 heavy (non-hydrogen) atoms. The van der Waals surface area contributed by atoms with Gasteiger partial charge in [-0.3, -0.25) is 8.71 Å². The van der Waals surface area contributed by atoms with Crippen LogP contribution in [0.1, 0.15) is 0 Å². The zero-order valence-corrected chi connectivity index (χ0v) is 7.03. The minimum Gasteiger partial charge on any atom is -0.303 e. The summed E-state index contributed by atoms with van der Waals surface area (Å²) in [4.78, 5) is 16.1. The van der Waals surface area contributed by atoms with Crippen LogP contribution in [-0.4, -0.2) is 31.4 Å². The van der Waals surface area contributed by atoms with Crippen LogP contribution >= 0.6 is 7.82 Å². The predicted octanol–water partition coefficient (Wildman–Crippen LogP) is -1.36. The predicted molar refractivity (Wildman–Crippen MR) is 34.3 cm³/mol. The molecule has 2 N–H and O–H groups in total. The molecule has 0 rings (SSSR count). The molecule has 7 nitrogen and oxygen atoms in total. The Hall–Kier alpha value is 0.0200. The lowest BCUT2D eigenvalue weighted by Gasteiger charge is -2.02. The maximum atomic E-state index is 9.94. The summed E-state index contributed by atoms with van der Waals surface area (Å²) in [6.45, 7) is -0.864. The second-order valence-electron chi connectivity index (χ2n) is 1.38. The molecule has 0 amide bonds. The summed E-state index contributed by atoms with van der Waals surface area (Å²) in [5, 5.41) is 0. The number of phosphoric acid groups is 1. The van der Waals surface area contributed by atoms with E-state index in [-0.39, 0.29) is 0 Å². The van der Waals surface area contributed by atoms with Gasteiger partial charge in [0.15, 0.2) is 0 Å². The lowest BCUT2D eigenvalue weighted by atomic mass is 10.8. The van der Waals surface area contributed by atoms with Crippen LogP contribution in [0.3, 0.4) is 0 Å². The molecule has 0 aromatic heterocycles. The second kappa shape index (κ2) is 4.81. The average molecular weight is 206 g/mol. The molecule has 0 spiro atoms. The zero-order chi connectivity index (χ0) is 8.91. The van der Waals surface area contributed by atoms with Crippen molar-refractivity contribution in [3.63, 3.8) is 0 Å². The maximum absolute atomic E-state index is 9.94. The Morgan fingerprint density at radius 3 is 2.18 bits per heavy atom. The van der Waals surface area contributed by atoms with Gasteiger partial charge in [-0.25, -0.2) is 13.0 Å². The Labute approximate surface area is 64.3 Å². The number of phosphoric ester groups is 1. The van der Waals surface area contributed by atoms with Crippen LogP contribution in [0.15, 0.2) is 0 Å². The lowest BCUT2D eigenvalue weighted by molar-refractivity contribution is 0.165. The van der Waals surface area contributed by atoms with Crippen molar-refractivity contribution in [2.24, 2.45) is 0 Å². The molecule has 9 heteroatoms. The summed E-state index contributed by atoms with van der Waals surface area (Å²) in [5.74, 6) is 0. The van der Waals surface area contributed by atoms with Crippen LogP contribution in [0.2, 0.25) is 0 Å². The summed E-state index contributed by atoms with van der Waals surface area (Å²) in [6.07, 6.45) is 0. The fraction of sp³-hybridized carbons (Fsp3) is 1.00. The monoisotopic (exact) mass is 206 g/mol. The van der Waals surface area contributed by atoms with Gasteiger partial charge in [-0.05, 0) is 0 Å². The minimum atomic E-state index is -4.50. The highest BCUT2D eigenvalue weighted by Crippen LogP contribution is 2.35. The van der Waals surface area contributed by atoms with Crippen molar-refractivity contribution in [3.8, 4) is 0 Å². The van der Waals surface area contributed by atoms with E-state index in [1.807, 2.05) is 0 Å². The minimum absolute atomic E-state index is 0.399. The molecule has 0 heterocycles. The number of rotatable bonds is 5. The molecule has 0 atom stereocenters. The Balaban J connectivity index is 3.36. The van der Waals surface area contributed by atoms with Crippen LogP contribution in [0, 0.1) is 0 Å². The first-order chi connectivity index (χ1) is 4.92. The first kappa shape index (κ1) is 11.0. The van der Waals surface area contributed by atoms with Gasteiger partial charge in [0.1, 0.15) is 0 Å². The van der Waals surface area contributed by atoms with Crippen LogP contribution in [0.4, 0.5) is 0 Å². The normalized spacial score (nSPS) is 12.3. The number of hydrogen-bond donors (Lipinski definition) is 3. The summed E-state index contributed by atoms with van der Waals surface area (Å²) < 4.78 is 37.1. The first-order valence-electron chi connectivity index (χ1n) is 2.39. The van der Waals surface area contributed by atoms with Gasteiger partial charge in [-0.2, -0.15) is 0 Å². The lowest BCUT2D eigenvalue weighted by Crippen LogP contribution is -2.01. The SMILES string of the molecule is O=[SH](=O)OCCOP(=O)(O)O. The average Bonchev–Trinajstić information content (AvgIpc) is 1.78. The van der Waals surface area contributed by atoms with Gasteiger partial charge in [0.2, 0.25) is 0 Å². The first-order valence-corrected chi connectivity index (χ1v) is 5.02. The molecule has 0 radical (unpaired) electrons. The molecule has 0 aliphatic rings. The van der Waals surface area contributed by atoms with E-state index in [1.165, 1.54) is 0 Å². The fourth-order valence-corrected chi connectivity index (χ4v) is 0.804. The van der Waals surface area contributed by atoms with Gasteiger partial charge in [0.25, 0.3) is 11.0 Å². The van der Waals surface area contributed by atoms with Gasteiger partial charge in [0, 0.05) is 0 Å². The van der Waals surface area contributed by atoms with Crippen molar-refractivity contribution in [3.05, 3.63) is 0 Å². The molecule has 0 aromatic rings. The van der Waals surface area contributed by atoms with Gasteiger partial charge >= 0.3 is 7.82 Å². The van der Waals surface area contributed by atoms with Crippen LogP contribution in [0.25, 0.3) is 0 Å². The van der Waals surface area contributed by atoms with E-state index in [4.69, 9.17) is 9.79 Å². The Kier molecular flexibility index (Phi) is 4.82. The summed E-state index contributed by atoms with van der Waals surface area (Å²) in [6, 6.07) is 0. The van der Waals surface area contributed by atoms with Crippen LogP contribution in [0.5, 0.6) is 0 Å². The Bertz CT molecular complexity index is 206. The molecule has 0 fully saturated rings. The highest BCUT2D eigenvalue weighted by molar-refractivity contribution is 7.67. The summed E-state index contributed by atoms with van der Waals surface area (Å²) in [5.41, 5.74) is 0. The van der Waals surface area contributed by atoms with Gasteiger partial charge < -0.3 is 9.79 Å². The third-order valence-corrected chi connectivity index (χ3v) is 1.45. The van der Waals surface area contributed by atoms with E-state index in [2.05, 4.69) is 8.71 Å². The molecule has 0 unspecified atom stereocenters. The van der Waals surface area contributed by atoms with Crippen molar-refractivity contribution in [1.82, 2.24) is 0 Å². The third-order valence-electron chi connectivity index (χ3n) is 0.539. The van der Waals surface area contributed by atoms with E-state index in [1.54, 1.807) is 0 Å². The quantitative estimate of drug-likeness (QED) is 0.289. The summed E-state index contributed by atoms with van der Waals surface area (Å²) in [7, 11) is -7.48. The van der Waals surface area contributed by atoms with Gasteiger partial charge in [0.05, 0.1) is 13.2 Å². The molecular formula is C2H7O7PS. The highest BCUT2D eigenvalue weighted by atomic mass is 32.2. The Morgan fingerprint density at radius 1 is 1.27 bits per heavy atom. The van der Waals surface area contributed by atoms with E-state index < -0.39 is 32.0 Å². The van der Waals surface area contributed by atoms with Crippen LogP contribution < -0.4 is 0 Å². The fourth-order valence-electron chi connectivity index (χ4n) is 0.268. The molecule has 0 saturated carbocycles. The number of thiol groups is 1. The molecule has 0 bridgehead atoms. The van der Waals surface area contributed by atoms with Crippen molar-refractivity contribution >= 4 is 18.8 Å². The van der Waals surface area contributed by atoms with Crippen molar-refractivity contribution in [2.75, 3.05) is 13.2 Å². The van der Waals surface area contributed by atoms with Crippen molar-refractivity contribution in [2.45, 2.75) is 0 Å². The Morgan fingerprint density at radius 2 is 1.82 bits per heavy atom. The standard InChI is InChI=1S/C2H7O7PS/c3-10(4,5)8-1-2-9-11(6)7/h11H,1-2H2,(H2,3,4,5). The molecule has 0 aliphatic heterocycles. The number of hydrogen-bond acceptors (Lipinski definition) is 5. The van der Waals surface area contributed by atoms with E-state index in [0.717, 1.165) is 0 Å². The molecule has 0 aromatic carbocycles. The molecule has 0 saturated heterocycles. The third kappa shape index (κ3) is 10.0. The van der Waals surface area contributed by atoms with Crippen LogP contribution in [-0.2, 0) is 24.3 Å². The van der Waals surface area contributed by atoms with E-state index in [9.17, 15) is 13.0 Å². The largest absolute Gasteiger partial charge is 0.469 e. The van der Waals surface area contributed by atoms with Crippen molar-refractivity contribution in [1.29, 1.82) is 0 Å². The second-order valence-corrected chi connectivity index (χ2v) is 3.33. The topological polar surface area (TPSA) is 110 Å². The van der Waals surface area contributed by atoms with E-state index in [0.29, 0.717) is 0 Å². The van der Waals surface area contributed by atoms with Gasteiger partial charge in [-0.1, -0.05) is 0 Å². The highest BCUT2D eigenvalue weighted by Gasteiger charge is 2.12. The smallest absolute Gasteiger partial charge is 0.303 e. The molecular weight excluding hydrogens is 199 g/mol. The zero-order valence-electron chi connectivity index (χ0n) is 5.24. The van der Waals surface area contributed by atoms with E-state index >= 15 is 0 Å². The molecule has 0 aliphatic carbocycles. The molecule has 68 valence electrons.